The molecule has 1 aromatic carbocycles. The van der Waals surface area contributed by atoms with Crippen LogP contribution in [-0.2, 0) is 0 Å². The van der Waals surface area contributed by atoms with Gasteiger partial charge in [0, 0.05) is 5.69 Å². The number of hydrogen-bond acceptors (Lipinski definition) is 3. The Hall–Kier alpha value is -2.56. The Labute approximate surface area is 135 Å². The van der Waals surface area contributed by atoms with Gasteiger partial charge in [-0.15, -0.1) is 0 Å². The van der Waals surface area contributed by atoms with Gasteiger partial charge in [0.2, 0.25) is 0 Å². The first-order valence-corrected chi connectivity index (χ1v) is 7.57. The van der Waals surface area contributed by atoms with Crippen molar-refractivity contribution in [1.82, 2.24) is 10.3 Å². The third kappa shape index (κ3) is 4.00. The Morgan fingerprint density at radius 1 is 1.13 bits per heavy atom. The maximum absolute atomic E-state index is 12.4. The lowest BCUT2D eigenvalue weighted by molar-refractivity contribution is 0.0924. The maximum atomic E-state index is 12.4. The van der Waals surface area contributed by atoms with Gasteiger partial charge in [-0.2, -0.15) is 0 Å². The summed E-state index contributed by atoms with van der Waals surface area (Å²) in [6.07, 6.45) is 0. The van der Waals surface area contributed by atoms with Gasteiger partial charge in [-0.25, -0.2) is 0 Å². The van der Waals surface area contributed by atoms with E-state index in [0.29, 0.717) is 0 Å². The third-order valence-electron chi connectivity index (χ3n) is 3.73. The molecule has 0 bridgehead atoms. The van der Waals surface area contributed by atoms with Gasteiger partial charge in [0.1, 0.15) is 11.3 Å². The SMILES string of the molecule is COc1ccc([C@@H](NC(=O)c2ccc(C)[nH]c2=O)C(C)C)cc1. The Balaban J connectivity index is 2.24. The van der Waals surface area contributed by atoms with Crippen LogP contribution in [0.4, 0.5) is 0 Å². The van der Waals surface area contributed by atoms with Gasteiger partial charge in [-0.05, 0) is 42.7 Å². The lowest BCUT2D eigenvalue weighted by atomic mass is 9.95. The lowest BCUT2D eigenvalue weighted by Crippen LogP contribution is -2.35. The van der Waals surface area contributed by atoms with Gasteiger partial charge in [-0.3, -0.25) is 9.59 Å². The molecule has 0 spiro atoms. The Kier molecular flexibility index (Phi) is 5.21. The van der Waals surface area contributed by atoms with Crippen molar-refractivity contribution in [2.45, 2.75) is 26.8 Å². The fraction of sp³-hybridized carbons (Fsp3) is 0.333. The van der Waals surface area contributed by atoms with Gasteiger partial charge in [0.25, 0.3) is 11.5 Å². The van der Waals surface area contributed by atoms with Crippen molar-refractivity contribution >= 4 is 5.91 Å². The summed E-state index contributed by atoms with van der Waals surface area (Å²) in [7, 11) is 1.61. The largest absolute Gasteiger partial charge is 0.497 e. The van der Waals surface area contributed by atoms with Crippen LogP contribution in [0.2, 0.25) is 0 Å². The minimum atomic E-state index is -0.375. The molecule has 23 heavy (non-hydrogen) atoms. The van der Waals surface area contributed by atoms with Crippen molar-refractivity contribution in [3.8, 4) is 5.75 Å². The molecule has 0 saturated carbocycles. The van der Waals surface area contributed by atoms with Crippen molar-refractivity contribution < 1.29 is 9.53 Å². The number of H-pyrrole nitrogens is 1. The molecule has 5 heteroatoms. The minimum Gasteiger partial charge on any atom is -0.497 e. The molecule has 2 aromatic rings. The van der Waals surface area contributed by atoms with Crippen LogP contribution in [0.3, 0.4) is 0 Å². The molecule has 0 aliphatic rings. The number of carbonyl (C=O) groups excluding carboxylic acids is 1. The van der Waals surface area contributed by atoms with Crippen LogP contribution in [0.1, 0.15) is 41.5 Å². The van der Waals surface area contributed by atoms with Gasteiger partial charge in [-0.1, -0.05) is 26.0 Å². The van der Waals surface area contributed by atoms with Crippen molar-refractivity contribution in [3.63, 3.8) is 0 Å². The van der Waals surface area contributed by atoms with Crippen molar-refractivity contribution in [2.75, 3.05) is 7.11 Å². The Morgan fingerprint density at radius 2 is 1.78 bits per heavy atom. The van der Waals surface area contributed by atoms with E-state index in [1.54, 1.807) is 26.2 Å². The number of amides is 1. The quantitative estimate of drug-likeness (QED) is 0.891. The summed E-state index contributed by atoms with van der Waals surface area (Å²) in [6, 6.07) is 10.6. The maximum Gasteiger partial charge on any atom is 0.260 e. The summed E-state index contributed by atoms with van der Waals surface area (Å²) in [4.78, 5) is 27.0. The number of aromatic nitrogens is 1. The van der Waals surface area contributed by atoms with E-state index in [2.05, 4.69) is 10.3 Å². The molecule has 1 heterocycles. The first-order valence-electron chi connectivity index (χ1n) is 7.57. The smallest absolute Gasteiger partial charge is 0.260 e. The highest BCUT2D eigenvalue weighted by Gasteiger charge is 2.20. The molecule has 0 fully saturated rings. The molecule has 1 atom stereocenters. The molecule has 0 saturated heterocycles. The Bertz CT molecular complexity index is 733. The topological polar surface area (TPSA) is 71.2 Å². The molecule has 0 aliphatic carbocycles. The zero-order chi connectivity index (χ0) is 17.0. The summed E-state index contributed by atoms with van der Waals surface area (Å²) in [5.41, 5.74) is 1.44. The van der Waals surface area contributed by atoms with Crippen LogP contribution in [0, 0.1) is 12.8 Å². The molecule has 1 aromatic heterocycles. The van der Waals surface area contributed by atoms with E-state index < -0.39 is 0 Å². The van der Waals surface area contributed by atoms with Crippen LogP contribution >= 0.6 is 0 Å². The third-order valence-corrected chi connectivity index (χ3v) is 3.73. The van der Waals surface area contributed by atoms with Crippen LogP contribution in [0.15, 0.2) is 41.2 Å². The van der Waals surface area contributed by atoms with Gasteiger partial charge < -0.3 is 15.0 Å². The monoisotopic (exact) mass is 314 g/mol. The predicted molar refractivity (Wildman–Crippen MR) is 89.8 cm³/mol. The molecule has 1 amide bonds. The number of methoxy groups -OCH3 is 1. The molecule has 5 nitrogen and oxygen atoms in total. The standard InChI is InChI=1S/C18H22N2O3/c1-11(2)16(13-6-8-14(23-4)9-7-13)20-18(22)15-10-5-12(3)19-17(15)21/h5-11,16H,1-4H3,(H,19,21)(H,20,22)/t16-/m0/s1. The summed E-state index contributed by atoms with van der Waals surface area (Å²) in [5.74, 6) is 0.565. The number of pyridine rings is 1. The number of rotatable bonds is 5. The summed E-state index contributed by atoms with van der Waals surface area (Å²) in [5, 5.41) is 2.95. The highest BCUT2D eigenvalue weighted by molar-refractivity contribution is 5.94. The van der Waals surface area contributed by atoms with Gasteiger partial charge >= 0.3 is 0 Å². The fourth-order valence-corrected chi connectivity index (χ4v) is 2.42. The predicted octanol–water partition coefficient (Wildman–Crippen LogP) is 2.82. The van der Waals surface area contributed by atoms with Crippen LogP contribution < -0.4 is 15.6 Å². The normalized spacial score (nSPS) is 12.0. The van der Waals surface area contributed by atoms with E-state index in [4.69, 9.17) is 4.74 Å². The number of hydrogen-bond donors (Lipinski definition) is 2. The van der Waals surface area contributed by atoms with Crippen molar-refractivity contribution in [2.24, 2.45) is 5.92 Å². The van der Waals surface area contributed by atoms with Gasteiger partial charge in [0.15, 0.2) is 0 Å². The summed E-state index contributed by atoms with van der Waals surface area (Å²) >= 11 is 0. The number of aryl methyl sites for hydroxylation is 1. The van der Waals surface area contributed by atoms with E-state index in [9.17, 15) is 9.59 Å². The van der Waals surface area contributed by atoms with E-state index in [0.717, 1.165) is 17.0 Å². The van der Waals surface area contributed by atoms with Crippen LogP contribution in [-0.4, -0.2) is 18.0 Å². The molecule has 0 unspecified atom stereocenters. The molecular formula is C18H22N2O3. The first kappa shape index (κ1) is 16.8. The van der Waals surface area contributed by atoms with E-state index in [-0.39, 0.29) is 29.0 Å². The number of carbonyl (C=O) groups is 1. The summed E-state index contributed by atoms with van der Waals surface area (Å²) < 4.78 is 5.15. The molecule has 0 aliphatic heterocycles. The van der Waals surface area contributed by atoms with E-state index in [1.807, 2.05) is 38.1 Å². The highest BCUT2D eigenvalue weighted by Crippen LogP contribution is 2.24. The lowest BCUT2D eigenvalue weighted by Gasteiger charge is -2.23. The highest BCUT2D eigenvalue weighted by atomic mass is 16.5. The van der Waals surface area contributed by atoms with Crippen molar-refractivity contribution in [1.29, 1.82) is 0 Å². The Morgan fingerprint density at radius 3 is 2.30 bits per heavy atom. The van der Waals surface area contributed by atoms with Crippen molar-refractivity contribution in [3.05, 3.63) is 63.6 Å². The van der Waals surface area contributed by atoms with E-state index in [1.165, 1.54) is 0 Å². The molecule has 0 radical (unpaired) electrons. The summed E-state index contributed by atoms with van der Waals surface area (Å²) in [6.45, 7) is 5.82. The number of benzene rings is 1. The number of aromatic amines is 1. The molecule has 2 rings (SSSR count). The second kappa shape index (κ2) is 7.13. The minimum absolute atomic E-state index is 0.120. The first-order chi connectivity index (χ1) is 10.9. The van der Waals surface area contributed by atoms with Crippen LogP contribution in [0.5, 0.6) is 5.75 Å². The number of nitrogens with one attached hydrogen (secondary N) is 2. The second-order valence-corrected chi connectivity index (χ2v) is 5.85. The zero-order valence-electron chi connectivity index (χ0n) is 13.8. The average Bonchev–Trinajstić information content (AvgIpc) is 2.52. The fourth-order valence-electron chi connectivity index (χ4n) is 2.42. The average molecular weight is 314 g/mol. The number of ether oxygens (including phenoxy) is 1. The molecule has 2 N–H and O–H groups in total. The zero-order valence-corrected chi connectivity index (χ0v) is 13.8. The molecular weight excluding hydrogens is 292 g/mol. The second-order valence-electron chi connectivity index (χ2n) is 5.85. The van der Waals surface area contributed by atoms with Crippen LogP contribution in [0.25, 0.3) is 0 Å². The van der Waals surface area contributed by atoms with Gasteiger partial charge in [0.05, 0.1) is 13.2 Å². The molecule has 122 valence electrons. The van der Waals surface area contributed by atoms with E-state index >= 15 is 0 Å².